The summed E-state index contributed by atoms with van der Waals surface area (Å²) in [7, 11) is -3.98. The Morgan fingerprint density at radius 1 is 1.41 bits per heavy atom. The van der Waals surface area contributed by atoms with Gasteiger partial charge in [-0.25, -0.2) is 0 Å². The molecule has 0 radical (unpaired) electrons. The number of benzene rings is 1. The quantitative estimate of drug-likeness (QED) is 0.419. The van der Waals surface area contributed by atoms with Gasteiger partial charge in [-0.15, -0.1) is 0 Å². The number of hydrogen-bond acceptors (Lipinski definition) is 5. The molecule has 2 aromatic rings. The Kier molecular flexibility index (Phi) is 5.41. The zero-order chi connectivity index (χ0) is 16.2. The van der Waals surface area contributed by atoms with E-state index in [1.54, 1.807) is 0 Å². The molecule has 22 heavy (non-hydrogen) atoms. The second kappa shape index (κ2) is 7.10. The fraction of sp³-hybridized carbons (Fsp3) is 0.429. The smallest absolute Gasteiger partial charge is 0.266 e. The van der Waals surface area contributed by atoms with Crippen molar-refractivity contribution in [2.45, 2.75) is 13.0 Å². The molecular weight excluding hydrogens is 308 g/mol. The maximum Gasteiger partial charge on any atom is 0.266 e. The van der Waals surface area contributed by atoms with E-state index in [9.17, 15) is 13.5 Å². The van der Waals surface area contributed by atoms with Crippen LogP contribution in [0.2, 0.25) is 0 Å². The number of aromatic nitrogens is 1. The molecule has 0 bridgehead atoms. The number of aliphatic hydroxyl groups excluding tert-OH is 1. The van der Waals surface area contributed by atoms with Crippen LogP contribution in [0.15, 0.2) is 24.4 Å². The van der Waals surface area contributed by atoms with E-state index in [-0.39, 0.29) is 25.4 Å². The first-order chi connectivity index (χ1) is 10.4. The summed E-state index contributed by atoms with van der Waals surface area (Å²) in [6, 6.07) is 5.65. The molecule has 1 aromatic carbocycles. The summed E-state index contributed by atoms with van der Waals surface area (Å²) in [5.74, 6) is 0.302. The topological polar surface area (TPSA) is 112 Å². The number of rotatable bonds is 8. The third-order valence-electron chi connectivity index (χ3n) is 3.21. The molecule has 0 aliphatic carbocycles. The second-order valence-electron chi connectivity index (χ2n) is 5.11. The van der Waals surface area contributed by atoms with Gasteiger partial charge in [-0.1, -0.05) is 6.07 Å². The Hall–Kier alpha value is -1.61. The number of aromatic amines is 1. The highest BCUT2D eigenvalue weighted by molar-refractivity contribution is 7.85. The molecule has 0 saturated heterocycles. The number of hydrogen-bond donors (Lipinski definition) is 4. The monoisotopic (exact) mass is 328 g/mol. The Labute approximate surface area is 129 Å². The Bertz CT molecular complexity index is 726. The summed E-state index contributed by atoms with van der Waals surface area (Å²) in [4.78, 5) is 3.14. The first-order valence-corrected chi connectivity index (χ1v) is 8.51. The van der Waals surface area contributed by atoms with Gasteiger partial charge in [0.1, 0.15) is 18.5 Å². The first kappa shape index (κ1) is 16.8. The minimum Gasteiger partial charge on any atom is -0.490 e. The van der Waals surface area contributed by atoms with Gasteiger partial charge >= 0.3 is 0 Å². The molecule has 1 atom stereocenters. The molecule has 0 amide bonds. The largest absolute Gasteiger partial charge is 0.490 e. The van der Waals surface area contributed by atoms with Crippen molar-refractivity contribution in [1.29, 1.82) is 0 Å². The van der Waals surface area contributed by atoms with Gasteiger partial charge < -0.3 is 20.1 Å². The standard InChI is InChI=1S/C14H20N2O5S/c1-10-7-16-12-3-2-4-13(14(10)12)21-9-11(17)8-15-5-6-22(18,19)20/h2-4,7,11,15-17H,5-6,8-9H2,1H3,(H,18,19,20). The van der Waals surface area contributed by atoms with Gasteiger partial charge in [0.15, 0.2) is 0 Å². The summed E-state index contributed by atoms with van der Waals surface area (Å²) in [6.45, 7) is 2.31. The minimum atomic E-state index is -3.98. The van der Waals surface area contributed by atoms with Crippen molar-refractivity contribution in [3.8, 4) is 5.75 Å². The minimum absolute atomic E-state index is 0.0718. The van der Waals surface area contributed by atoms with Gasteiger partial charge in [0.25, 0.3) is 10.1 Å². The lowest BCUT2D eigenvalue weighted by molar-refractivity contribution is 0.108. The molecule has 0 fully saturated rings. The van der Waals surface area contributed by atoms with Gasteiger partial charge in [0.05, 0.1) is 5.75 Å². The van der Waals surface area contributed by atoms with Crippen LogP contribution in [0.25, 0.3) is 10.9 Å². The van der Waals surface area contributed by atoms with Crippen LogP contribution in [0.5, 0.6) is 5.75 Å². The number of ether oxygens (including phenoxy) is 1. The van der Waals surface area contributed by atoms with Gasteiger partial charge in [-0.2, -0.15) is 8.42 Å². The van der Waals surface area contributed by atoms with Crippen molar-refractivity contribution >= 4 is 21.0 Å². The first-order valence-electron chi connectivity index (χ1n) is 6.90. The maximum atomic E-state index is 10.5. The van der Waals surface area contributed by atoms with Crippen LogP contribution in [0.1, 0.15) is 5.56 Å². The Morgan fingerprint density at radius 3 is 2.91 bits per heavy atom. The van der Waals surface area contributed by atoms with Crippen molar-refractivity contribution in [1.82, 2.24) is 10.3 Å². The average molecular weight is 328 g/mol. The third-order valence-corrected chi connectivity index (χ3v) is 3.93. The fourth-order valence-electron chi connectivity index (χ4n) is 2.15. The van der Waals surface area contributed by atoms with E-state index in [2.05, 4.69) is 10.3 Å². The maximum absolute atomic E-state index is 10.5. The van der Waals surface area contributed by atoms with Gasteiger partial charge in [0, 0.05) is 30.2 Å². The van der Waals surface area contributed by atoms with Gasteiger partial charge in [-0.05, 0) is 24.6 Å². The molecule has 0 aliphatic rings. The summed E-state index contributed by atoms with van der Waals surface area (Å²) in [5.41, 5.74) is 2.03. The van der Waals surface area contributed by atoms with Crippen molar-refractivity contribution in [3.63, 3.8) is 0 Å². The highest BCUT2D eigenvalue weighted by Gasteiger charge is 2.10. The molecule has 0 aliphatic heterocycles. The summed E-state index contributed by atoms with van der Waals surface area (Å²) >= 11 is 0. The van der Waals surface area contributed by atoms with E-state index >= 15 is 0 Å². The Balaban J connectivity index is 1.83. The molecule has 1 unspecified atom stereocenters. The van der Waals surface area contributed by atoms with Crippen LogP contribution in [-0.2, 0) is 10.1 Å². The molecular formula is C14H20N2O5S. The van der Waals surface area contributed by atoms with Crippen molar-refractivity contribution in [2.75, 3.05) is 25.4 Å². The lowest BCUT2D eigenvalue weighted by Crippen LogP contribution is -2.34. The molecule has 122 valence electrons. The number of aryl methyl sites for hydroxylation is 1. The van der Waals surface area contributed by atoms with E-state index in [4.69, 9.17) is 9.29 Å². The average Bonchev–Trinajstić information content (AvgIpc) is 2.83. The molecule has 7 nitrogen and oxygen atoms in total. The molecule has 0 saturated carbocycles. The van der Waals surface area contributed by atoms with Crippen molar-refractivity contribution < 1.29 is 22.8 Å². The van der Waals surface area contributed by atoms with Crippen LogP contribution in [0.4, 0.5) is 0 Å². The summed E-state index contributed by atoms with van der Waals surface area (Å²) in [6.07, 6.45) is 1.11. The predicted octanol–water partition coefficient (Wildman–Crippen LogP) is 0.693. The van der Waals surface area contributed by atoms with Gasteiger partial charge in [-0.3, -0.25) is 4.55 Å². The molecule has 1 aromatic heterocycles. The molecule has 0 spiro atoms. The zero-order valence-corrected chi connectivity index (χ0v) is 13.1. The second-order valence-corrected chi connectivity index (χ2v) is 6.68. The lowest BCUT2D eigenvalue weighted by atomic mass is 10.2. The zero-order valence-electron chi connectivity index (χ0n) is 12.2. The number of H-pyrrole nitrogens is 1. The van der Waals surface area contributed by atoms with Crippen LogP contribution in [0.3, 0.4) is 0 Å². The van der Waals surface area contributed by atoms with Gasteiger partial charge in [0.2, 0.25) is 0 Å². The van der Waals surface area contributed by atoms with E-state index in [0.29, 0.717) is 5.75 Å². The third kappa shape index (κ3) is 4.70. The lowest BCUT2D eigenvalue weighted by Gasteiger charge is -2.14. The van der Waals surface area contributed by atoms with E-state index in [1.165, 1.54) is 0 Å². The summed E-state index contributed by atoms with van der Waals surface area (Å²) in [5, 5.41) is 13.6. The predicted molar refractivity (Wildman–Crippen MR) is 83.8 cm³/mol. The number of aliphatic hydroxyl groups is 1. The van der Waals surface area contributed by atoms with Crippen molar-refractivity contribution in [2.24, 2.45) is 0 Å². The van der Waals surface area contributed by atoms with Crippen LogP contribution < -0.4 is 10.1 Å². The fourth-order valence-corrected chi connectivity index (χ4v) is 2.55. The van der Waals surface area contributed by atoms with E-state index in [1.807, 2.05) is 31.3 Å². The van der Waals surface area contributed by atoms with Crippen LogP contribution in [-0.4, -0.2) is 54.6 Å². The van der Waals surface area contributed by atoms with Crippen LogP contribution in [0, 0.1) is 6.92 Å². The van der Waals surface area contributed by atoms with E-state index in [0.717, 1.165) is 16.5 Å². The summed E-state index contributed by atoms with van der Waals surface area (Å²) < 4.78 is 35.3. The van der Waals surface area contributed by atoms with E-state index < -0.39 is 16.2 Å². The molecule has 2 rings (SSSR count). The normalized spacial score (nSPS) is 13.4. The number of fused-ring (bicyclic) bond motifs is 1. The highest BCUT2D eigenvalue weighted by atomic mass is 32.2. The number of nitrogens with one attached hydrogen (secondary N) is 2. The highest BCUT2D eigenvalue weighted by Crippen LogP contribution is 2.28. The molecule has 1 heterocycles. The SMILES string of the molecule is Cc1c[nH]c2cccc(OCC(O)CNCCS(=O)(=O)O)c12. The molecule has 4 N–H and O–H groups in total. The Morgan fingerprint density at radius 2 is 2.18 bits per heavy atom. The van der Waals surface area contributed by atoms with Crippen LogP contribution >= 0.6 is 0 Å². The van der Waals surface area contributed by atoms with Crippen molar-refractivity contribution in [3.05, 3.63) is 30.0 Å². The molecule has 8 heteroatoms.